The van der Waals surface area contributed by atoms with Crippen LogP contribution in [0.15, 0.2) is 66.9 Å². The predicted molar refractivity (Wildman–Crippen MR) is 159 cm³/mol. The maximum absolute atomic E-state index is 12.5. The number of amides is 2. The van der Waals surface area contributed by atoms with Crippen LogP contribution in [0.1, 0.15) is 0 Å². The van der Waals surface area contributed by atoms with Gasteiger partial charge in [0.05, 0.1) is 29.1 Å². The third-order valence-electron chi connectivity index (χ3n) is 7.08. The Hall–Kier alpha value is -4.32. The SMILES string of the molecule is O=C(Nc1ccc(-c2cn3c(n2)sc2cc(OCCN4CCOCC4)ccc23)cc1)Nc1ccc2c(c1)OCCO2. The minimum absolute atomic E-state index is 0.340. The van der Waals surface area contributed by atoms with E-state index >= 15 is 0 Å². The lowest BCUT2D eigenvalue weighted by atomic mass is 10.1. The molecule has 5 aromatic rings. The van der Waals surface area contributed by atoms with E-state index in [2.05, 4.69) is 32.1 Å². The highest BCUT2D eigenvalue weighted by molar-refractivity contribution is 7.23. The highest BCUT2D eigenvalue weighted by atomic mass is 32.1. The Morgan fingerprint density at radius 1 is 0.902 bits per heavy atom. The molecule has 0 atom stereocenters. The monoisotopic (exact) mass is 571 g/mol. The number of anilines is 2. The molecule has 1 saturated heterocycles. The van der Waals surface area contributed by atoms with Crippen molar-refractivity contribution in [3.8, 4) is 28.5 Å². The van der Waals surface area contributed by atoms with E-state index < -0.39 is 0 Å². The first kappa shape index (κ1) is 25.6. The predicted octanol–water partition coefficient (Wildman–Crippen LogP) is 5.34. The summed E-state index contributed by atoms with van der Waals surface area (Å²) >= 11 is 1.64. The van der Waals surface area contributed by atoms with Crippen LogP contribution in [-0.4, -0.2) is 73.0 Å². The molecule has 0 radical (unpaired) electrons. The van der Waals surface area contributed by atoms with Crippen molar-refractivity contribution in [1.29, 1.82) is 0 Å². The molecule has 41 heavy (non-hydrogen) atoms. The number of ether oxygens (including phenoxy) is 4. The van der Waals surface area contributed by atoms with Crippen LogP contribution in [0.5, 0.6) is 17.2 Å². The van der Waals surface area contributed by atoms with Gasteiger partial charge in [-0.1, -0.05) is 23.5 Å². The Labute approximate surface area is 240 Å². The quantitative estimate of drug-likeness (QED) is 0.272. The van der Waals surface area contributed by atoms with Gasteiger partial charge in [-0.15, -0.1) is 0 Å². The van der Waals surface area contributed by atoms with Gasteiger partial charge >= 0.3 is 6.03 Å². The lowest BCUT2D eigenvalue weighted by Crippen LogP contribution is -2.38. The average molecular weight is 572 g/mol. The Morgan fingerprint density at radius 3 is 2.54 bits per heavy atom. The summed E-state index contributed by atoms with van der Waals surface area (Å²) in [6.07, 6.45) is 2.05. The zero-order chi connectivity index (χ0) is 27.6. The maximum atomic E-state index is 12.5. The van der Waals surface area contributed by atoms with Crippen molar-refractivity contribution < 1.29 is 23.7 Å². The van der Waals surface area contributed by atoms with E-state index in [1.54, 1.807) is 29.5 Å². The second kappa shape index (κ2) is 11.3. The van der Waals surface area contributed by atoms with Crippen LogP contribution in [0, 0.1) is 0 Å². The zero-order valence-electron chi connectivity index (χ0n) is 22.3. The van der Waals surface area contributed by atoms with Crippen LogP contribution >= 0.6 is 11.3 Å². The Bertz CT molecular complexity index is 1690. The molecule has 0 saturated carbocycles. The molecule has 2 aromatic heterocycles. The molecule has 2 aliphatic rings. The van der Waals surface area contributed by atoms with Gasteiger partial charge in [0.1, 0.15) is 25.6 Å². The number of hydrogen-bond acceptors (Lipinski definition) is 8. The summed E-state index contributed by atoms with van der Waals surface area (Å²) in [7, 11) is 0. The minimum atomic E-state index is -0.340. The first-order valence-electron chi connectivity index (χ1n) is 13.6. The molecule has 210 valence electrons. The smallest absolute Gasteiger partial charge is 0.323 e. The van der Waals surface area contributed by atoms with E-state index in [4.69, 9.17) is 23.9 Å². The van der Waals surface area contributed by atoms with Crippen LogP contribution < -0.4 is 24.8 Å². The fourth-order valence-corrected chi connectivity index (χ4v) is 6.00. The molecule has 3 aromatic carbocycles. The van der Waals surface area contributed by atoms with Crippen molar-refractivity contribution in [1.82, 2.24) is 14.3 Å². The van der Waals surface area contributed by atoms with Crippen molar-refractivity contribution >= 4 is 43.9 Å². The number of aromatic nitrogens is 2. The average Bonchev–Trinajstić information content (AvgIpc) is 3.56. The highest BCUT2D eigenvalue weighted by Gasteiger charge is 2.15. The number of imidazole rings is 1. The second-order valence-corrected chi connectivity index (χ2v) is 10.8. The van der Waals surface area contributed by atoms with E-state index in [-0.39, 0.29) is 6.03 Å². The Balaban J connectivity index is 0.982. The molecule has 11 heteroatoms. The number of urea groups is 1. The molecule has 2 N–H and O–H groups in total. The molecule has 0 aliphatic carbocycles. The lowest BCUT2D eigenvalue weighted by Gasteiger charge is -2.26. The van der Waals surface area contributed by atoms with Gasteiger partial charge in [0, 0.05) is 48.8 Å². The summed E-state index contributed by atoms with van der Waals surface area (Å²) in [5.41, 5.74) is 4.24. The Morgan fingerprint density at radius 2 is 1.68 bits per heavy atom. The van der Waals surface area contributed by atoms with Gasteiger partial charge < -0.3 is 29.6 Å². The number of benzene rings is 3. The number of carbonyl (C=O) groups excluding carboxylic acids is 1. The molecular formula is C30H29N5O5S. The van der Waals surface area contributed by atoms with Crippen molar-refractivity contribution in [3.63, 3.8) is 0 Å². The largest absolute Gasteiger partial charge is 0.492 e. The fraction of sp³-hybridized carbons (Fsp3) is 0.267. The summed E-state index contributed by atoms with van der Waals surface area (Å²) in [5, 5.41) is 5.70. The minimum Gasteiger partial charge on any atom is -0.492 e. The van der Waals surface area contributed by atoms with Gasteiger partial charge in [0.15, 0.2) is 16.5 Å². The van der Waals surface area contributed by atoms with Gasteiger partial charge in [-0.2, -0.15) is 0 Å². The van der Waals surface area contributed by atoms with Crippen LogP contribution in [0.3, 0.4) is 0 Å². The first-order chi connectivity index (χ1) is 20.2. The molecule has 4 heterocycles. The van der Waals surface area contributed by atoms with E-state index in [9.17, 15) is 4.79 Å². The summed E-state index contributed by atoms with van der Waals surface area (Å²) < 4.78 is 25.8. The molecule has 0 spiro atoms. The third kappa shape index (κ3) is 5.64. The number of rotatable bonds is 7. The number of fused-ring (bicyclic) bond motifs is 4. The van der Waals surface area contributed by atoms with Gasteiger partial charge in [0.2, 0.25) is 0 Å². The van der Waals surface area contributed by atoms with Gasteiger partial charge in [0.25, 0.3) is 0 Å². The second-order valence-electron chi connectivity index (χ2n) is 9.83. The molecule has 10 nitrogen and oxygen atoms in total. The normalized spacial score (nSPS) is 15.2. The zero-order valence-corrected chi connectivity index (χ0v) is 23.1. The molecule has 0 unspecified atom stereocenters. The number of carbonyl (C=O) groups is 1. The van der Waals surface area contributed by atoms with Crippen LogP contribution in [0.25, 0.3) is 26.4 Å². The number of hydrogen-bond donors (Lipinski definition) is 2. The van der Waals surface area contributed by atoms with Gasteiger partial charge in [-0.3, -0.25) is 9.30 Å². The van der Waals surface area contributed by atoms with Crippen molar-refractivity contribution in [2.75, 3.05) is 63.3 Å². The first-order valence-corrected chi connectivity index (χ1v) is 14.4. The summed E-state index contributed by atoms with van der Waals surface area (Å²) in [6, 6.07) is 18.8. The molecule has 1 fully saturated rings. The lowest BCUT2D eigenvalue weighted by molar-refractivity contribution is 0.0322. The molecule has 0 bridgehead atoms. The highest BCUT2D eigenvalue weighted by Crippen LogP contribution is 2.33. The van der Waals surface area contributed by atoms with Crippen molar-refractivity contribution in [2.45, 2.75) is 0 Å². The third-order valence-corrected chi connectivity index (χ3v) is 8.10. The van der Waals surface area contributed by atoms with E-state index in [0.717, 1.165) is 65.0 Å². The molecule has 2 amide bonds. The van der Waals surface area contributed by atoms with Crippen LogP contribution in [0.2, 0.25) is 0 Å². The summed E-state index contributed by atoms with van der Waals surface area (Å²) in [6.45, 7) is 6.09. The van der Waals surface area contributed by atoms with Gasteiger partial charge in [-0.25, -0.2) is 9.78 Å². The molecule has 2 aliphatic heterocycles. The topological polar surface area (TPSA) is 98.6 Å². The number of nitrogens with zero attached hydrogens (tertiary/aromatic N) is 3. The summed E-state index contributed by atoms with van der Waals surface area (Å²) in [5.74, 6) is 2.18. The standard InChI is InChI=1S/C30H29N5O5S/c36-29(32-22-5-8-26-27(17-22)40-16-15-39-26)31-21-3-1-20(2-4-21)24-19-35-25-7-6-23(18-28(25)41-30(35)33-24)38-14-11-34-9-12-37-13-10-34/h1-8,17-19H,9-16H2,(H2,31,32,36). The fourth-order valence-electron chi connectivity index (χ4n) is 4.97. The Kier molecular flexibility index (Phi) is 7.05. The van der Waals surface area contributed by atoms with E-state index in [1.165, 1.54) is 0 Å². The number of nitrogens with one attached hydrogen (secondary N) is 2. The molecular weight excluding hydrogens is 542 g/mol. The van der Waals surface area contributed by atoms with Crippen molar-refractivity contribution in [3.05, 3.63) is 66.9 Å². The number of thiazole rings is 1. The van der Waals surface area contributed by atoms with Crippen molar-refractivity contribution in [2.24, 2.45) is 0 Å². The number of morpholine rings is 1. The van der Waals surface area contributed by atoms with E-state index in [1.807, 2.05) is 36.5 Å². The van der Waals surface area contributed by atoms with Crippen LogP contribution in [0.4, 0.5) is 16.2 Å². The molecule has 7 rings (SSSR count). The van der Waals surface area contributed by atoms with Gasteiger partial charge in [-0.05, 0) is 42.5 Å². The maximum Gasteiger partial charge on any atom is 0.323 e. The van der Waals surface area contributed by atoms with E-state index in [0.29, 0.717) is 42.7 Å². The summed E-state index contributed by atoms with van der Waals surface area (Å²) in [4.78, 5) is 20.7. The van der Waals surface area contributed by atoms with Crippen LogP contribution in [-0.2, 0) is 4.74 Å².